The second-order valence-corrected chi connectivity index (χ2v) is 9.40. The molecule has 0 saturated carbocycles. The number of imide groups is 1. The molecule has 0 aliphatic carbocycles. The van der Waals surface area contributed by atoms with Crippen LogP contribution in [0.5, 0.6) is 5.75 Å². The number of anilines is 1. The first-order valence-corrected chi connectivity index (χ1v) is 12.5. The van der Waals surface area contributed by atoms with Gasteiger partial charge in [-0.2, -0.15) is 0 Å². The third-order valence-electron chi connectivity index (χ3n) is 6.16. The van der Waals surface area contributed by atoms with Gasteiger partial charge in [0.1, 0.15) is 12.3 Å². The number of nitrogens with one attached hydrogen (secondary N) is 1. The number of ether oxygens (including phenoxy) is 1. The number of carbonyl (C=O) groups excluding carboxylic acids is 3. The molecule has 0 aromatic heterocycles. The van der Waals surface area contributed by atoms with Gasteiger partial charge in [-0.05, 0) is 60.2 Å². The van der Waals surface area contributed by atoms with Crippen LogP contribution in [0.2, 0.25) is 5.02 Å². The zero-order chi connectivity index (χ0) is 29.3. The lowest BCUT2D eigenvalue weighted by Gasteiger charge is -2.24. The van der Waals surface area contributed by atoms with Crippen molar-refractivity contribution >= 4 is 46.9 Å². The summed E-state index contributed by atoms with van der Waals surface area (Å²) in [5, 5.41) is 19.8. The van der Waals surface area contributed by atoms with E-state index >= 15 is 0 Å². The summed E-state index contributed by atoms with van der Waals surface area (Å²) in [7, 11) is 1.51. The Morgan fingerprint density at radius 3 is 2.41 bits per heavy atom. The van der Waals surface area contributed by atoms with Crippen molar-refractivity contribution in [2.45, 2.75) is 39.0 Å². The van der Waals surface area contributed by atoms with Crippen molar-refractivity contribution in [3.8, 4) is 5.75 Å². The Balaban J connectivity index is 0.00000124. The van der Waals surface area contributed by atoms with Gasteiger partial charge in [-0.3, -0.25) is 24.1 Å². The second-order valence-electron chi connectivity index (χ2n) is 8.96. The first-order valence-electron chi connectivity index (χ1n) is 12.1. The van der Waals surface area contributed by atoms with Gasteiger partial charge >= 0.3 is 5.97 Å². The molecule has 11 nitrogen and oxygen atoms in total. The summed E-state index contributed by atoms with van der Waals surface area (Å²) < 4.78 is 5.37. The van der Waals surface area contributed by atoms with Crippen LogP contribution in [0, 0.1) is 5.92 Å². The number of carbonyl (C=O) groups is 5. The number of carboxylic acid groups (broad SMARTS) is 2. The Morgan fingerprint density at radius 2 is 1.85 bits per heavy atom. The predicted molar refractivity (Wildman–Crippen MR) is 144 cm³/mol. The largest absolute Gasteiger partial charge is 0.496 e. The summed E-state index contributed by atoms with van der Waals surface area (Å²) in [5.41, 5.74) is 7.34. The van der Waals surface area contributed by atoms with E-state index < -0.39 is 35.6 Å². The highest BCUT2D eigenvalue weighted by atomic mass is 35.5. The monoisotopic (exact) mass is 561 g/mol. The minimum atomic E-state index is -1.14. The van der Waals surface area contributed by atoms with Crippen LogP contribution in [-0.4, -0.2) is 65.0 Å². The van der Waals surface area contributed by atoms with Gasteiger partial charge in [0.05, 0.1) is 18.6 Å². The topological polar surface area (TPSA) is 176 Å². The number of nitrogen functional groups attached to an aromatic ring is 1. The van der Waals surface area contributed by atoms with Gasteiger partial charge in [0.25, 0.3) is 5.97 Å². The van der Waals surface area contributed by atoms with E-state index in [9.17, 15) is 24.3 Å². The molecule has 1 fully saturated rings. The number of carboxylic acids is 2. The number of halogens is 1. The summed E-state index contributed by atoms with van der Waals surface area (Å²) in [6.45, 7) is 2.68. The molecule has 2 unspecified atom stereocenters. The molecule has 2 aromatic rings. The van der Waals surface area contributed by atoms with Gasteiger partial charge < -0.3 is 26.0 Å². The Labute approximate surface area is 230 Å². The van der Waals surface area contributed by atoms with E-state index in [1.54, 1.807) is 24.3 Å². The highest BCUT2D eigenvalue weighted by Crippen LogP contribution is 2.29. The van der Waals surface area contributed by atoms with E-state index in [0.29, 0.717) is 28.3 Å². The number of benzene rings is 2. The van der Waals surface area contributed by atoms with Gasteiger partial charge in [-0.15, -0.1) is 0 Å². The van der Waals surface area contributed by atoms with Crippen molar-refractivity contribution in [1.82, 2.24) is 10.2 Å². The summed E-state index contributed by atoms with van der Waals surface area (Å²) in [6, 6.07) is 9.64. The van der Waals surface area contributed by atoms with Crippen LogP contribution < -0.4 is 15.8 Å². The van der Waals surface area contributed by atoms with Crippen molar-refractivity contribution in [2.24, 2.45) is 5.92 Å². The van der Waals surface area contributed by atoms with E-state index in [1.165, 1.54) is 19.2 Å². The maximum absolute atomic E-state index is 13.4. The molecule has 1 saturated heterocycles. The number of nitrogens with two attached hydrogens (primary N) is 1. The number of rotatable bonds is 8. The van der Waals surface area contributed by atoms with E-state index in [2.05, 4.69) is 5.32 Å². The molecule has 3 amide bonds. The number of hydrogen-bond acceptors (Lipinski definition) is 7. The Kier molecular flexibility index (Phi) is 11.3. The first kappa shape index (κ1) is 31.1. The molecule has 0 bridgehead atoms. The molecule has 1 aliphatic heterocycles. The minimum absolute atomic E-state index is 0.0198. The number of amides is 3. The maximum Gasteiger partial charge on any atom is 0.337 e. The normalized spacial score (nSPS) is 15.8. The zero-order valence-corrected chi connectivity index (χ0v) is 22.7. The third kappa shape index (κ3) is 8.71. The lowest BCUT2D eigenvalue weighted by Crippen LogP contribution is -2.43. The molecule has 2 atom stereocenters. The van der Waals surface area contributed by atoms with Crippen LogP contribution >= 0.6 is 11.6 Å². The number of methoxy groups -OCH3 is 1. The first-order chi connectivity index (χ1) is 18.4. The maximum atomic E-state index is 13.4. The lowest BCUT2D eigenvalue weighted by atomic mass is 9.91. The number of aliphatic carboxylic acids is 1. The fraction of sp³-hybridized carbons (Fsp3) is 0.370. The van der Waals surface area contributed by atoms with Crippen molar-refractivity contribution in [1.29, 1.82) is 0 Å². The van der Waals surface area contributed by atoms with Crippen molar-refractivity contribution < 1.29 is 38.9 Å². The van der Waals surface area contributed by atoms with E-state index in [0.717, 1.165) is 11.8 Å². The van der Waals surface area contributed by atoms with E-state index in [4.69, 9.17) is 32.0 Å². The fourth-order valence-electron chi connectivity index (χ4n) is 4.21. The molecular formula is C27H32ClN3O8. The molecule has 210 valence electrons. The molecule has 1 aliphatic rings. The average molecular weight is 562 g/mol. The van der Waals surface area contributed by atoms with Gasteiger partial charge in [0.15, 0.2) is 0 Å². The Bertz CT molecular complexity index is 1250. The van der Waals surface area contributed by atoms with Gasteiger partial charge in [-0.25, -0.2) is 4.79 Å². The SMILES string of the molecule is CC(=O)O.CCC(CC(=O)N1CC(=O)NCC(Cc2cc(Cl)ccc2OC)C1=O)c1ccc(C(=O)O)c(N)c1. The average Bonchev–Trinajstić information content (AvgIpc) is 3.00. The Hall–Kier alpha value is -4.12. The molecular weight excluding hydrogens is 530 g/mol. The van der Waals surface area contributed by atoms with Crippen LogP contribution in [0.4, 0.5) is 5.69 Å². The van der Waals surface area contributed by atoms with E-state index in [1.807, 2.05) is 6.92 Å². The summed E-state index contributed by atoms with van der Waals surface area (Å²) >= 11 is 6.12. The fourth-order valence-corrected chi connectivity index (χ4v) is 4.41. The van der Waals surface area contributed by atoms with E-state index in [-0.39, 0.29) is 43.1 Å². The zero-order valence-electron chi connectivity index (χ0n) is 21.9. The van der Waals surface area contributed by atoms with Crippen molar-refractivity contribution in [2.75, 3.05) is 25.9 Å². The molecule has 39 heavy (non-hydrogen) atoms. The third-order valence-corrected chi connectivity index (χ3v) is 6.40. The van der Waals surface area contributed by atoms with Crippen LogP contribution in [0.3, 0.4) is 0 Å². The smallest absolute Gasteiger partial charge is 0.337 e. The Morgan fingerprint density at radius 1 is 1.18 bits per heavy atom. The standard InChI is InChI=1S/C25H28ClN3O6.C2H4O2/c1-3-14(15-4-6-19(25(33)34)20(27)10-15)11-23(31)29-13-22(30)28-12-17(24(29)32)8-16-9-18(26)5-7-21(16)35-2;1-2(3)4/h4-7,9-10,14,17H,3,8,11-13,27H2,1-2H3,(H,28,30)(H,33,34);1H3,(H,3,4). The molecule has 5 N–H and O–H groups in total. The number of aromatic carboxylic acids is 1. The highest BCUT2D eigenvalue weighted by Gasteiger charge is 2.35. The van der Waals surface area contributed by atoms with Crippen molar-refractivity contribution in [3.63, 3.8) is 0 Å². The summed E-state index contributed by atoms with van der Waals surface area (Å²) in [6.07, 6.45) is 0.751. The van der Waals surface area contributed by atoms with Gasteiger partial charge in [-0.1, -0.05) is 24.6 Å². The van der Waals surface area contributed by atoms with Crippen LogP contribution in [0.15, 0.2) is 36.4 Å². The highest BCUT2D eigenvalue weighted by molar-refractivity contribution is 6.30. The van der Waals surface area contributed by atoms with Crippen LogP contribution in [0.25, 0.3) is 0 Å². The molecule has 0 radical (unpaired) electrons. The number of nitrogens with zero attached hydrogens (tertiary/aromatic N) is 1. The summed E-state index contributed by atoms with van der Waals surface area (Å²) in [4.78, 5) is 60.2. The van der Waals surface area contributed by atoms with Crippen LogP contribution in [-0.2, 0) is 25.6 Å². The molecule has 2 aromatic carbocycles. The molecule has 0 spiro atoms. The van der Waals surface area contributed by atoms with Gasteiger partial charge in [0.2, 0.25) is 17.7 Å². The molecule has 12 heteroatoms. The predicted octanol–water partition coefficient (Wildman–Crippen LogP) is 2.95. The quantitative estimate of drug-likeness (QED) is 0.353. The summed E-state index contributed by atoms with van der Waals surface area (Å²) in [5.74, 6) is -3.75. The van der Waals surface area contributed by atoms with Crippen LogP contribution in [0.1, 0.15) is 54.1 Å². The minimum Gasteiger partial charge on any atom is -0.496 e. The lowest BCUT2D eigenvalue weighted by molar-refractivity contribution is -0.148. The second kappa shape index (κ2) is 14.1. The van der Waals surface area contributed by atoms with Gasteiger partial charge in [0, 0.05) is 30.6 Å². The molecule has 1 heterocycles. The molecule has 3 rings (SSSR count). The number of hydrogen-bond donors (Lipinski definition) is 4. The van der Waals surface area contributed by atoms with Crippen molar-refractivity contribution in [3.05, 3.63) is 58.1 Å².